The van der Waals surface area contributed by atoms with E-state index in [1.807, 2.05) is 4.90 Å². The van der Waals surface area contributed by atoms with Crippen LogP contribution in [0.4, 0.5) is 0 Å². The summed E-state index contributed by atoms with van der Waals surface area (Å²) in [6, 6.07) is 2.08. The van der Waals surface area contributed by atoms with Gasteiger partial charge in [-0.2, -0.15) is 0 Å². The minimum Gasteiger partial charge on any atom is -0.360 e. The summed E-state index contributed by atoms with van der Waals surface area (Å²) < 4.78 is 5.28. The molecule has 0 radical (unpaired) electrons. The Balaban J connectivity index is 1.29. The Morgan fingerprint density at radius 3 is 2.59 bits per heavy atom. The quantitative estimate of drug-likeness (QED) is 0.840. The molecule has 2 aliphatic carbocycles. The van der Waals surface area contributed by atoms with E-state index in [-0.39, 0.29) is 35.7 Å². The van der Waals surface area contributed by atoms with Crippen molar-refractivity contribution in [3.8, 4) is 0 Å². The lowest BCUT2D eigenvalue weighted by atomic mass is 9.84. The van der Waals surface area contributed by atoms with Crippen molar-refractivity contribution in [2.75, 3.05) is 13.1 Å². The van der Waals surface area contributed by atoms with E-state index in [0.717, 1.165) is 50.7 Å². The van der Waals surface area contributed by atoms with E-state index < -0.39 is 0 Å². The SMILES string of the molecule is C[C@@H]1CN(C(=O)[C@H]2CC[C@H](N)CC2)CCC1NC(=O)c1cc(C2CC2)on1. The number of piperidine rings is 1. The fraction of sp³-hybridized carbons (Fsp3) is 0.750. The molecule has 2 atom stereocenters. The zero-order chi connectivity index (χ0) is 19.0. The number of likely N-dealkylation sites (tertiary alicyclic amines) is 1. The highest BCUT2D eigenvalue weighted by Crippen LogP contribution is 2.40. The number of aromatic nitrogens is 1. The highest BCUT2D eigenvalue weighted by Gasteiger charge is 2.35. The first-order valence-corrected chi connectivity index (χ1v) is 10.3. The fourth-order valence-electron chi connectivity index (χ4n) is 4.38. The number of amides is 2. The Bertz CT molecular complexity index is 691. The molecular weight excluding hydrogens is 344 g/mol. The molecule has 2 heterocycles. The summed E-state index contributed by atoms with van der Waals surface area (Å²) in [6.07, 6.45) is 6.71. The third kappa shape index (κ3) is 4.18. The molecule has 7 heteroatoms. The van der Waals surface area contributed by atoms with Gasteiger partial charge in [0.15, 0.2) is 5.69 Å². The van der Waals surface area contributed by atoms with E-state index in [1.54, 1.807) is 6.07 Å². The van der Waals surface area contributed by atoms with Crippen LogP contribution in [0.5, 0.6) is 0 Å². The molecule has 3 aliphatic rings. The number of rotatable bonds is 4. The van der Waals surface area contributed by atoms with E-state index in [9.17, 15) is 9.59 Å². The van der Waals surface area contributed by atoms with Crippen molar-refractivity contribution < 1.29 is 14.1 Å². The van der Waals surface area contributed by atoms with Gasteiger partial charge >= 0.3 is 0 Å². The summed E-state index contributed by atoms with van der Waals surface area (Å²) in [5.74, 6) is 1.70. The minimum absolute atomic E-state index is 0.0578. The molecule has 7 nitrogen and oxygen atoms in total. The topological polar surface area (TPSA) is 101 Å². The van der Waals surface area contributed by atoms with Crippen LogP contribution < -0.4 is 11.1 Å². The first kappa shape index (κ1) is 18.5. The van der Waals surface area contributed by atoms with Crippen LogP contribution in [0, 0.1) is 11.8 Å². The Kier molecular flexibility index (Phi) is 5.21. The van der Waals surface area contributed by atoms with E-state index in [0.29, 0.717) is 24.7 Å². The van der Waals surface area contributed by atoms with Gasteiger partial charge in [-0.25, -0.2) is 0 Å². The summed E-state index contributed by atoms with van der Waals surface area (Å²) >= 11 is 0. The van der Waals surface area contributed by atoms with Gasteiger partial charge in [0, 0.05) is 43.1 Å². The zero-order valence-corrected chi connectivity index (χ0v) is 16.0. The average molecular weight is 374 g/mol. The Morgan fingerprint density at radius 1 is 1.19 bits per heavy atom. The highest BCUT2D eigenvalue weighted by molar-refractivity contribution is 5.92. The number of nitrogens with two attached hydrogens (primary N) is 1. The van der Waals surface area contributed by atoms with Crippen molar-refractivity contribution in [1.29, 1.82) is 0 Å². The molecule has 3 N–H and O–H groups in total. The van der Waals surface area contributed by atoms with Gasteiger partial charge in [0.05, 0.1) is 0 Å². The summed E-state index contributed by atoms with van der Waals surface area (Å²) in [4.78, 5) is 27.3. The highest BCUT2D eigenvalue weighted by atomic mass is 16.5. The summed E-state index contributed by atoms with van der Waals surface area (Å²) in [5.41, 5.74) is 6.32. The lowest BCUT2D eigenvalue weighted by Gasteiger charge is -2.39. The molecule has 2 amide bonds. The molecule has 1 unspecified atom stereocenters. The first-order chi connectivity index (χ1) is 13.0. The summed E-state index contributed by atoms with van der Waals surface area (Å²) in [6.45, 7) is 3.49. The molecule has 1 aliphatic heterocycles. The average Bonchev–Trinajstić information content (AvgIpc) is 3.40. The van der Waals surface area contributed by atoms with Gasteiger partial charge in [-0.3, -0.25) is 9.59 Å². The molecule has 3 fully saturated rings. The molecule has 1 aromatic heterocycles. The molecule has 0 spiro atoms. The van der Waals surface area contributed by atoms with Crippen molar-refractivity contribution in [2.45, 2.75) is 69.9 Å². The maximum absolute atomic E-state index is 12.8. The second kappa shape index (κ2) is 7.62. The van der Waals surface area contributed by atoms with E-state index >= 15 is 0 Å². The van der Waals surface area contributed by atoms with Crippen molar-refractivity contribution in [1.82, 2.24) is 15.4 Å². The molecule has 148 valence electrons. The van der Waals surface area contributed by atoms with Crippen LogP contribution in [0.25, 0.3) is 0 Å². The van der Waals surface area contributed by atoms with Crippen molar-refractivity contribution in [2.24, 2.45) is 17.6 Å². The van der Waals surface area contributed by atoms with Gasteiger partial charge in [-0.05, 0) is 50.9 Å². The second-order valence-electron chi connectivity index (χ2n) is 8.63. The van der Waals surface area contributed by atoms with Crippen LogP contribution in [0.1, 0.15) is 74.0 Å². The lowest BCUT2D eigenvalue weighted by molar-refractivity contribution is -0.138. The van der Waals surface area contributed by atoms with Gasteiger partial charge in [0.2, 0.25) is 5.91 Å². The van der Waals surface area contributed by atoms with Crippen LogP contribution in [0.3, 0.4) is 0 Å². The van der Waals surface area contributed by atoms with E-state index in [1.165, 1.54) is 0 Å². The van der Waals surface area contributed by atoms with Crippen LogP contribution >= 0.6 is 0 Å². The molecule has 1 aromatic rings. The van der Waals surface area contributed by atoms with Crippen LogP contribution in [0.15, 0.2) is 10.6 Å². The summed E-state index contributed by atoms with van der Waals surface area (Å²) in [7, 11) is 0. The second-order valence-corrected chi connectivity index (χ2v) is 8.63. The molecular formula is C20H30N4O3. The number of nitrogens with zero attached hydrogens (tertiary/aromatic N) is 2. The zero-order valence-electron chi connectivity index (χ0n) is 16.0. The minimum atomic E-state index is -0.177. The standard InChI is InChI=1S/C20H30N4O3/c1-12-11-24(20(26)14-4-6-15(21)7-5-14)9-8-16(12)22-19(25)17-10-18(27-23-17)13-2-3-13/h10,12-16H,2-9,11,21H2,1H3,(H,22,25)/t12-,14-,15-,16?/m1/s1. The Morgan fingerprint density at radius 2 is 1.93 bits per heavy atom. The third-order valence-electron chi connectivity index (χ3n) is 6.40. The normalized spacial score (nSPS) is 31.6. The van der Waals surface area contributed by atoms with Crippen molar-refractivity contribution in [3.05, 3.63) is 17.5 Å². The number of hydrogen-bond donors (Lipinski definition) is 2. The Labute approximate surface area is 160 Å². The number of hydrogen-bond acceptors (Lipinski definition) is 5. The van der Waals surface area contributed by atoms with E-state index in [2.05, 4.69) is 17.4 Å². The molecule has 4 rings (SSSR count). The molecule has 1 saturated heterocycles. The number of nitrogens with one attached hydrogen (secondary N) is 1. The molecule has 27 heavy (non-hydrogen) atoms. The van der Waals surface area contributed by atoms with Crippen molar-refractivity contribution in [3.63, 3.8) is 0 Å². The van der Waals surface area contributed by atoms with Crippen LogP contribution in [-0.4, -0.2) is 47.0 Å². The van der Waals surface area contributed by atoms with Gasteiger partial charge in [-0.1, -0.05) is 12.1 Å². The molecule has 0 aromatic carbocycles. The maximum Gasteiger partial charge on any atom is 0.273 e. The predicted molar refractivity (Wildman–Crippen MR) is 100 cm³/mol. The number of carbonyl (C=O) groups excluding carboxylic acids is 2. The predicted octanol–water partition coefficient (Wildman–Crippen LogP) is 2.04. The number of carbonyl (C=O) groups is 2. The first-order valence-electron chi connectivity index (χ1n) is 10.3. The fourth-order valence-corrected chi connectivity index (χ4v) is 4.38. The monoisotopic (exact) mass is 374 g/mol. The Hall–Kier alpha value is -1.89. The van der Waals surface area contributed by atoms with Gasteiger partial charge < -0.3 is 20.5 Å². The van der Waals surface area contributed by atoms with Gasteiger partial charge in [0.1, 0.15) is 5.76 Å². The molecule has 2 saturated carbocycles. The maximum atomic E-state index is 12.8. The molecule has 0 bridgehead atoms. The van der Waals surface area contributed by atoms with E-state index in [4.69, 9.17) is 10.3 Å². The third-order valence-corrected chi connectivity index (χ3v) is 6.40. The van der Waals surface area contributed by atoms with Gasteiger partial charge in [0.25, 0.3) is 5.91 Å². The lowest BCUT2D eigenvalue weighted by Crippen LogP contribution is -2.53. The largest absolute Gasteiger partial charge is 0.360 e. The smallest absolute Gasteiger partial charge is 0.273 e. The van der Waals surface area contributed by atoms with Gasteiger partial charge in [-0.15, -0.1) is 0 Å². The van der Waals surface area contributed by atoms with Crippen LogP contribution in [0.2, 0.25) is 0 Å². The summed E-state index contributed by atoms with van der Waals surface area (Å²) in [5, 5.41) is 7.00. The van der Waals surface area contributed by atoms with Crippen molar-refractivity contribution >= 4 is 11.8 Å². The van der Waals surface area contributed by atoms with Crippen LogP contribution in [-0.2, 0) is 4.79 Å².